The van der Waals surface area contributed by atoms with Gasteiger partial charge < -0.3 is 11.1 Å². The van der Waals surface area contributed by atoms with Crippen molar-refractivity contribution in [3.05, 3.63) is 51.7 Å². The highest BCUT2D eigenvalue weighted by atomic mass is 16.6. The van der Waals surface area contributed by atoms with Crippen LogP contribution in [0.25, 0.3) is 0 Å². The van der Waals surface area contributed by atoms with Crippen LogP contribution in [-0.4, -0.2) is 21.4 Å². The lowest BCUT2D eigenvalue weighted by atomic mass is 10.0. The molecule has 7 nitrogen and oxygen atoms in total. The molecule has 1 aromatic heterocycles. The van der Waals surface area contributed by atoms with Crippen LogP contribution in [0.3, 0.4) is 0 Å². The van der Waals surface area contributed by atoms with Crippen LogP contribution in [0.4, 0.5) is 17.5 Å². The van der Waals surface area contributed by atoms with Gasteiger partial charge in [-0.1, -0.05) is 24.3 Å². The maximum Gasteiger partial charge on any atom is 0.329 e. The number of aromatic nitrogens is 2. The van der Waals surface area contributed by atoms with Crippen LogP contribution in [0, 0.1) is 22.0 Å². The standard InChI is InChI=1S/C15H15N5O2/c16-14-12(20(21)22)7-18-15(19-14)17-6-11-10-5-8-3-1-2-4-9(8)13(10)11/h1-4,7,10-11,13H,5-6H2,(H3,16,17,18,19). The van der Waals surface area contributed by atoms with Gasteiger partial charge in [0.05, 0.1) is 4.92 Å². The molecule has 22 heavy (non-hydrogen) atoms. The molecule has 112 valence electrons. The molecule has 1 heterocycles. The van der Waals surface area contributed by atoms with E-state index in [9.17, 15) is 10.1 Å². The molecule has 3 atom stereocenters. The molecule has 4 rings (SSSR count). The molecule has 0 amide bonds. The van der Waals surface area contributed by atoms with E-state index in [4.69, 9.17) is 5.73 Å². The van der Waals surface area contributed by atoms with E-state index in [-0.39, 0.29) is 11.5 Å². The summed E-state index contributed by atoms with van der Waals surface area (Å²) in [6.45, 7) is 0.765. The van der Waals surface area contributed by atoms with Crippen molar-refractivity contribution in [1.82, 2.24) is 9.97 Å². The number of fused-ring (bicyclic) bond motifs is 3. The quantitative estimate of drug-likeness (QED) is 0.660. The van der Waals surface area contributed by atoms with Gasteiger partial charge >= 0.3 is 5.69 Å². The molecule has 1 saturated carbocycles. The lowest BCUT2D eigenvalue weighted by Gasteiger charge is -2.09. The fourth-order valence-corrected chi connectivity index (χ4v) is 3.59. The highest BCUT2D eigenvalue weighted by Crippen LogP contribution is 2.61. The summed E-state index contributed by atoms with van der Waals surface area (Å²) >= 11 is 0. The average Bonchev–Trinajstić information content (AvgIpc) is 3.03. The monoisotopic (exact) mass is 297 g/mol. The number of nitrogens with zero attached hydrogens (tertiary/aromatic N) is 3. The maximum absolute atomic E-state index is 10.7. The Labute approximate surface area is 126 Å². The zero-order valence-corrected chi connectivity index (χ0v) is 11.8. The summed E-state index contributed by atoms with van der Waals surface area (Å²) in [5, 5.41) is 13.8. The van der Waals surface area contributed by atoms with Gasteiger partial charge in [0.1, 0.15) is 6.20 Å². The van der Waals surface area contributed by atoms with Crippen LogP contribution in [-0.2, 0) is 6.42 Å². The molecule has 1 aromatic carbocycles. The number of hydrogen-bond acceptors (Lipinski definition) is 6. The summed E-state index contributed by atoms with van der Waals surface area (Å²) in [5.41, 5.74) is 8.23. The van der Waals surface area contributed by atoms with Crippen molar-refractivity contribution < 1.29 is 4.92 Å². The van der Waals surface area contributed by atoms with Gasteiger partial charge in [-0.05, 0) is 35.3 Å². The minimum Gasteiger partial charge on any atom is -0.378 e. The molecule has 3 N–H and O–H groups in total. The summed E-state index contributed by atoms with van der Waals surface area (Å²) in [5.74, 6) is 2.14. The molecule has 3 unspecified atom stereocenters. The molecular weight excluding hydrogens is 282 g/mol. The number of anilines is 2. The first-order chi connectivity index (χ1) is 10.6. The van der Waals surface area contributed by atoms with Crippen LogP contribution in [0.15, 0.2) is 30.5 Å². The van der Waals surface area contributed by atoms with Crippen LogP contribution < -0.4 is 11.1 Å². The first kappa shape index (κ1) is 13.0. The van der Waals surface area contributed by atoms with Crippen LogP contribution in [0.5, 0.6) is 0 Å². The molecule has 0 bridgehead atoms. The van der Waals surface area contributed by atoms with Crippen molar-refractivity contribution in [2.75, 3.05) is 17.6 Å². The molecule has 7 heteroatoms. The average molecular weight is 297 g/mol. The number of hydrogen-bond donors (Lipinski definition) is 2. The number of nitrogens with two attached hydrogens (primary N) is 1. The van der Waals surface area contributed by atoms with E-state index in [0.29, 0.717) is 23.7 Å². The third kappa shape index (κ3) is 1.97. The smallest absolute Gasteiger partial charge is 0.329 e. The Bertz CT molecular complexity index is 763. The number of nitrogen functional groups attached to an aromatic ring is 1. The molecule has 2 aromatic rings. The molecule has 0 radical (unpaired) electrons. The van der Waals surface area contributed by atoms with Crippen molar-refractivity contribution >= 4 is 17.5 Å². The number of nitro groups is 1. The number of rotatable bonds is 4. The Kier molecular flexibility index (Phi) is 2.75. The van der Waals surface area contributed by atoms with Gasteiger partial charge in [-0.15, -0.1) is 0 Å². The maximum atomic E-state index is 10.7. The lowest BCUT2D eigenvalue weighted by molar-refractivity contribution is -0.384. The van der Waals surface area contributed by atoms with Gasteiger partial charge in [-0.3, -0.25) is 10.1 Å². The SMILES string of the molecule is Nc1nc(NCC2C3Cc4ccccc4C23)ncc1[N+](=O)[O-]. The highest BCUT2D eigenvalue weighted by molar-refractivity contribution is 5.53. The summed E-state index contributed by atoms with van der Waals surface area (Å²) in [6, 6.07) is 8.58. The van der Waals surface area contributed by atoms with Crippen molar-refractivity contribution in [2.45, 2.75) is 12.3 Å². The molecule has 0 spiro atoms. The van der Waals surface area contributed by atoms with Crippen LogP contribution in [0.2, 0.25) is 0 Å². The second-order valence-corrected chi connectivity index (χ2v) is 5.86. The van der Waals surface area contributed by atoms with Gasteiger partial charge in [0, 0.05) is 6.54 Å². The predicted molar refractivity (Wildman–Crippen MR) is 81.5 cm³/mol. The Morgan fingerprint density at radius 2 is 2.23 bits per heavy atom. The van der Waals surface area contributed by atoms with Crippen molar-refractivity contribution in [3.8, 4) is 0 Å². The molecule has 2 aliphatic carbocycles. The minimum absolute atomic E-state index is 0.108. The summed E-state index contributed by atoms with van der Waals surface area (Å²) < 4.78 is 0. The molecular formula is C15H15N5O2. The third-order valence-electron chi connectivity index (χ3n) is 4.69. The van der Waals surface area contributed by atoms with Gasteiger partial charge in [0.25, 0.3) is 0 Å². The first-order valence-electron chi connectivity index (χ1n) is 7.23. The Morgan fingerprint density at radius 1 is 1.41 bits per heavy atom. The first-order valence-corrected chi connectivity index (χ1v) is 7.23. The van der Waals surface area contributed by atoms with Gasteiger partial charge in [-0.25, -0.2) is 4.98 Å². The van der Waals surface area contributed by atoms with Crippen molar-refractivity contribution in [3.63, 3.8) is 0 Å². The molecule has 0 saturated heterocycles. The number of nitrogens with one attached hydrogen (secondary N) is 1. The second-order valence-electron chi connectivity index (χ2n) is 5.86. The van der Waals surface area contributed by atoms with Gasteiger partial charge in [0.2, 0.25) is 11.8 Å². The van der Waals surface area contributed by atoms with Crippen molar-refractivity contribution in [1.29, 1.82) is 0 Å². The molecule has 2 aliphatic rings. The third-order valence-corrected chi connectivity index (χ3v) is 4.69. The zero-order chi connectivity index (χ0) is 15.3. The van der Waals surface area contributed by atoms with Crippen molar-refractivity contribution in [2.24, 2.45) is 11.8 Å². The fourth-order valence-electron chi connectivity index (χ4n) is 3.59. The van der Waals surface area contributed by atoms with Crippen LogP contribution in [0.1, 0.15) is 17.0 Å². The number of benzene rings is 1. The van der Waals surface area contributed by atoms with E-state index in [2.05, 4.69) is 39.6 Å². The van der Waals surface area contributed by atoms with Gasteiger partial charge in [0.15, 0.2) is 0 Å². The molecule has 1 fully saturated rings. The van der Waals surface area contributed by atoms with E-state index in [1.807, 2.05) is 0 Å². The topological polar surface area (TPSA) is 107 Å². The minimum atomic E-state index is -0.582. The Morgan fingerprint density at radius 3 is 3.00 bits per heavy atom. The van der Waals surface area contributed by atoms with E-state index in [1.165, 1.54) is 11.1 Å². The predicted octanol–water partition coefficient (Wildman–Crippen LogP) is 1.96. The van der Waals surface area contributed by atoms with E-state index >= 15 is 0 Å². The summed E-state index contributed by atoms with van der Waals surface area (Å²) in [4.78, 5) is 18.0. The summed E-state index contributed by atoms with van der Waals surface area (Å²) in [7, 11) is 0. The lowest BCUT2D eigenvalue weighted by Crippen LogP contribution is -2.11. The van der Waals surface area contributed by atoms with E-state index in [0.717, 1.165) is 19.2 Å². The van der Waals surface area contributed by atoms with Crippen LogP contribution >= 0.6 is 0 Å². The largest absolute Gasteiger partial charge is 0.378 e. The Hall–Kier alpha value is -2.70. The summed E-state index contributed by atoms with van der Waals surface area (Å²) in [6.07, 6.45) is 2.28. The highest BCUT2D eigenvalue weighted by Gasteiger charge is 2.54. The second kappa shape index (κ2) is 4.66. The van der Waals surface area contributed by atoms with E-state index in [1.54, 1.807) is 0 Å². The Balaban J connectivity index is 1.41. The van der Waals surface area contributed by atoms with Gasteiger partial charge in [-0.2, -0.15) is 4.98 Å². The normalized spacial score (nSPS) is 24.5. The zero-order valence-electron chi connectivity index (χ0n) is 11.8. The fraction of sp³-hybridized carbons (Fsp3) is 0.333. The molecule has 0 aliphatic heterocycles. The van der Waals surface area contributed by atoms with E-state index < -0.39 is 4.92 Å².